The van der Waals surface area contributed by atoms with Crippen molar-refractivity contribution in [1.82, 2.24) is 0 Å². The van der Waals surface area contributed by atoms with Crippen LogP contribution >= 0.6 is 0 Å². The SMILES string of the molecule is N#Cc1ccc(/C=N/S(=O)(=O)c2ccccc2)cc1. The maximum absolute atomic E-state index is 11.9. The Labute approximate surface area is 111 Å². The lowest BCUT2D eigenvalue weighted by molar-refractivity contribution is 0.598. The first-order chi connectivity index (χ1) is 9.12. The molecule has 0 aromatic heterocycles. The fraction of sp³-hybridized carbons (Fsp3) is 0. The summed E-state index contributed by atoms with van der Waals surface area (Å²) in [5, 5.41) is 8.66. The average Bonchev–Trinajstić information content (AvgIpc) is 2.47. The molecule has 0 aliphatic heterocycles. The molecule has 0 aliphatic carbocycles. The van der Waals surface area contributed by atoms with Crippen molar-refractivity contribution in [3.63, 3.8) is 0 Å². The van der Waals surface area contributed by atoms with Crippen LogP contribution in [0.2, 0.25) is 0 Å². The smallest absolute Gasteiger partial charge is 0.199 e. The summed E-state index contributed by atoms with van der Waals surface area (Å²) in [7, 11) is -3.67. The molecular formula is C14H10N2O2S. The second-order valence-corrected chi connectivity index (χ2v) is 5.39. The molecule has 0 amide bonds. The molecule has 0 saturated carbocycles. The minimum Gasteiger partial charge on any atom is -0.199 e. The van der Waals surface area contributed by atoms with E-state index in [0.717, 1.165) is 0 Å². The molecule has 2 aromatic rings. The second kappa shape index (κ2) is 5.46. The lowest BCUT2D eigenvalue weighted by Crippen LogP contribution is -1.97. The molecule has 0 saturated heterocycles. The summed E-state index contributed by atoms with van der Waals surface area (Å²) in [5.74, 6) is 0. The van der Waals surface area contributed by atoms with Crippen LogP contribution in [0.5, 0.6) is 0 Å². The zero-order valence-electron chi connectivity index (χ0n) is 9.89. The molecule has 2 aromatic carbocycles. The quantitative estimate of drug-likeness (QED) is 0.804. The Bertz CT molecular complexity index is 727. The average molecular weight is 270 g/mol. The highest BCUT2D eigenvalue weighted by Gasteiger charge is 2.09. The highest BCUT2D eigenvalue weighted by atomic mass is 32.2. The fourth-order valence-corrected chi connectivity index (χ4v) is 2.31. The first-order valence-electron chi connectivity index (χ1n) is 5.47. The van der Waals surface area contributed by atoms with Gasteiger partial charge in [0.05, 0.1) is 16.5 Å². The Kier molecular flexibility index (Phi) is 3.74. The third-order valence-electron chi connectivity index (χ3n) is 2.42. The van der Waals surface area contributed by atoms with E-state index in [1.54, 1.807) is 42.5 Å². The molecule has 0 spiro atoms. The van der Waals surface area contributed by atoms with Crippen molar-refractivity contribution in [3.05, 3.63) is 65.7 Å². The third kappa shape index (κ3) is 3.27. The summed E-state index contributed by atoms with van der Waals surface area (Å²) in [6.07, 6.45) is 1.27. The second-order valence-electron chi connectivity index (χ2n) is 3.76. The molecule has 0 N–H and O–H groups in total. The Hall–Kier alpha value is -2.45. The molecule has 0 radical (unpaired) electrons. The van der Waals surface area contributed by atoms with Crippen molar-refractivity contribution in [2.24, 2.45) is 4.40 Å². The first-order valence-corrected chi connectivity index (χ1v) is 6.91. The first kappa shape index (κ1) is 13.0. The van der Waals surface area contributed by atoms with Gasteiger partial charge in [-0.3, -0.25) is 0 Å². The van der Waals surface area contributed by atoms with Crippen LogP contribution in [0, 0.1) is 11.3 Å². The van der Waals surface area contributed by atoms with E-state index in [1.807, 2.05) is 6.07 Å². The summed E-state index contributed by atoms with van der Waals surface area (Å²) in [6, 6.07) is 16.5. The van der Waals surface area contributed by atoms with Crippen LogP contribution in [0.1, 0.15) is 11.1 Å². The van der Waals surface area contributed by atoms with Gasteiger partial charge in [-0.1, -0.05) is 30.3 Å². The molecule has 2 rings (SSSR count). The third-order valence-corrected chi connectivity index (χ3v) is 3.67. The van der Waals surface area contributed by atoms with E-state index in [1.165, 1.54) is 18.3 Å². The maximum atomic E-state index is 11.9. The number of benzene rings is 2. The normalized spacial score (nSPS) is 11.3. The van der Waals surface area contributed by atoms with E-state index >= 15 is 0 Å². The highest BCUT2D eigenvalue weighted by Crippen LogP contribution is 2.11. The largest absolute Gasteiger partial charge is 0.282 e. The molecule has 0 atom stereocenters. The topological polar surface area (TPSA) is 70.3 Å². The number of hydrogen-bond acceptors (Lipinski definition) is 3. The molecule has 4 nitrogen and oxygen atoms in total. The molecule has 0 unspecified atom stereocenters. The van der Waals surface area contributed by atoms with Gasteiger partial charge in [-0.25, -0.2) is 0 Å². The van der Waals surface area contributed by atoms with E-state index in [2.05, 4.69) is 4.40 Å². The van der Waals surface area contributed by atoms with Crippen LogP contribution in [0.3, 0.4) is 0 Å². The van der Waals surface area contributed by atoms with Crippen LogP contribution in [0.15, 0.2) is 63.9 Å². The Morgan fingerprint density at radius 2 is 1.63 bits per heavy atom. The van der Waals surface area contributed by atoms with Crippen LogP contribution in [-0.2, 0) is 10.0 Å². The van der Waals surface area contributed by atoms with Crippen molar-refractivity contribution < 1.29 is 8.42 Å². The van der Waals surface area contributed by atoms with Gasteiger partial charge in [-0.05, 0) is 29.8 Å². The van der Waals surface area contributed by atoms with Crippen molar-refractivity contribution in [3.8, 4) is 6.07 Å². The van der Waals surface area contributed by atoms with Gasteiger partial charge < -0.3 is 0 Å². The monoisotopic (exact) mass is 270 g/mol. The van der Waals surface area contributed by atoms with Crippen LogP contribution in [0.25, 0.3) is 0 Å². The van der Waals surface area contributed by atoms with E-state index in [-0.39, 0.29) is 4.90 Å². The lowest BCUT2D eigenvalue weighted by atomic mass is 10.2. The van der Waals surface area contributed by atoms with Gasteiger partial charge in [0, 0.05) is 6.21 Å². The summed E-state index contributed by atoms with van der Waals surface area (Å²) in [6.45, 7) is 0. The highest BCUT2D eigenvalue weighted by molar-refractivity contribution is 7.90. The number of sulfonamides is 1. The summed E-state index contributed by atoms with van der Waals surface area (Å²) in [5.41, 5.74) is 1.14. The van der Waals surface area contributed by atoms with Crippen LogP contribution in [0.4, 0.5) is 0 Å². The number of hydrogen-bond donors (Lipinski definition) is 0. The Morgan fingerprint density at radius 3 is 2.21 bits per heavy atom. The number of rotatable bonds is 3. The summed E-state index contributed by atoms with van der Waals surface area (Å²) in [4.78, 5) is 0.153. The molecule has 0 aliphatic rings. The zero-order valence-corrected chi connectivity index (χ0v) is 10.7. The molecule has 0 bridgehead atoms. The molecular weight excluding hydrogens is 260 g/mol. The lowest BCUT2D eigenvalue weighted by Gasteiger charge is -1.97. The van der Waals surface area contributed by atoms with E-state index in [0.29, 0.717) is 11.1 Å². The van der Waals surface area contributed by atoms with Crippen molar-refractivity contribution >= 4 is 16.2 Å². The van der Waals surface area contributed by atoms with Gasteiger partial charge >= 0.3 is 0 Å². The van der Waals surface area contributed by atoms with E-state index in [4.69, 9.17) is 5.26 Å². The van der Waals surface area contributed by atoms with E-state index < -0.39 is 10.0 Å². The van der Waals surface area contributed by atoms with Gasteiger partial charge in [-0.2, -0.15) is 18.1 Å². The molecule has 0 heterocycles. The Morgan fingerprint density at radius 1 is 1.00 bits per heavy atom. The maximum Gasteiger partial charge on any atom is 0.282 e. The molecule has 0 fully saturated rings. The minimum atomic E-state index is -3.67. The number of nitriles is 1. The zero-order chi connectivity index (χ0) is 13.7. The Balaban J connectivity index is 2.25. The molecule has 19 heavy (non-hydrogen) atoms. The van der Waals surface area contributed by atoms with Crippen LogP contribution in [-0.4, -0.2) is 14.6 Å². The summed E-state index contributed by atoms with van der Waals surface area (Å²) >= 11 is 0. The van der Waals surface area contributed by atoms with Gasteiger partial charge in [0.1, 0.15) is 0 Å². The predicted octanol–water partition coefficient (Wildman–Crippen LogP) is 2.37. The predicted molar refractivity (Wildman–Crippen MR) is 72.4 cm³/mol. The fourth-order valence-electron chi connectivity index (χ4n) is 1.43. The minimum absolute atomic E-state index is 0.153. The summed E-state index contributed by atoms with van der Waals surface area (Å²) < 4.78 is 27.4. The van der Waals surface area contributed by atoms with Crippen molar-refractivity contribution in [2.45, 2.75) is 4.90 Å². The van der Waals surface area contributed by atoms with Crippen LogP contribution < -0.4 is 0 Å². The van der Waals surface area contributed by atoms with Gasteiger partial charge in [0.2, 0.25) is 0 Å². The van der Waals surface area contributed by atoms with Gasteiger partial charge in [0.25, 0.3) is 10.0 Å². The van der Waals surface area contributed by atoms with Crippen molar-refractivity contribution in [1.29, 1.82) is 5.26 Å². The van der Waals surface area contributed by atoms with Gasteiger partial charge in [0.15, 0.2) is 0 Å². The number of nitrogens with zero attached hydrogens (tertiary/aromatic N) is 2. The van der Waals surface area contributed by atoms with Gasteiger partial charge in [-0.15, -0.1) is 0 Å². The molecule has 94 valence electrons. The van der Waals surface area contributed by atoms with Crippen molar-refractivity contribution in [2.75, 3.05) is 0 Å². The standard InChI is InChI=1S/C14H10N2O2S/c15-10-12-6-8-13(9-7-12)11-16-19(17,18)14-4-2-1-3-5-14/h1-9,11H/b16-11+. The molecule has 5 heteroatoms. The van der Waals surface area contributed by atoms with E-state index in [9.17, 15) is 8.42 Å².